The molecule has 0 amide bonds. The SMILES string of the molecule is CNCC(C)CN1CC(C)OC(C)C1. The fourth-order valence-electron chi connectivity index (χ4n) is 2.29. The monoisotopic (exact) mass is 200 g/mol. The van der Waals surface area contributed by atoms with Gasteiger partial charge in [-0.1, -0.05) is 6.92 Å². The fourth-order valence-corrected chi connectivity index (χ4v) is 2.29. The van der Waals surface area contributed by atoms with Crippen LogP contribution in [0.3, 0.4) is 0 Å². The third kappa shape index (κ3) is 3.95. The highest BCUT2D eigenvalue weighted by atomic mass is 16.5. The van der Waals surface area contributed by atoms with Crippen molar-refractivity contribution in [1.82, 2.24) is 10.2 Å². The van der Waals surface area contributed by atoms with Gasteiger partial charge in [0.15, 0.2) is 0 Å². The highest BCUT2D eigenvalue weighted by molar-refractivity contribution is 4.74. The summed E-state index contributed by atoms with van der Waals surface area (Å²) in [6.07, 6.45) is 0.779. The molecule has 1 aliphatic rings. The van der Waals surface area contributed by atoms with Gasteiger partial charge in [0.1, 0.15) is 0 Å². The Balaban J connectivity index is 2.29. The van der Waals surface area contributed by atoms with Crippen molar-refractivity contribution >= 4 is 0 Å². The Labute approximate surface area is 87.8 Å². The van der Waals surface area contributed by atoms with Gasteiger partial charge in [0, 0.05) is 19.6 Å². The van der Waals surface area contributed by atoms with E-state index in [1.54, 1.807) is 0 Å². The van der Waals surface area contributed by atoms with Gasteiger partial charge in [-0.2, -0.15) is 0 Å². The molecule has 1 N–H and O–H groups in total. The van der Waals surface area contributed by atoms with E-state index in [2.05, 4.69) is 31.0 Å². The number of hydrogen-bond donors (Lipinski definition) is 1. The molecule has 0 aliphatic carbocycles. The molecule has 1 rings (SSSR count). The summed E-state index contributed by atoms with van der Waals surface area (Å²) >= 11 is 0. The lowest BCUT2D eigenvalue weighted by Crippen LogP contribution is -2.47. The molecule has 3 unspecified atom stereocenters. The maximum atomic E-state index is 5.70. The lowest BCUT2D eigenvalue weighted by Gasteiger charge is -2.36. The van der Waals surface area contributed by atoms with Gasteiger partial charge in [-0.3, -0.25) is 4.90 Å². The van der Waals surface area contributed by atoms with Gasteiger partial charge in [0.05, 0.1) is 12.2 Å². The second-order valence-corrected chi connectivity index (χ2v) is 4.64. The lowest BCUT2D eigenvalue weighted by atomic mass is 10.1. The number of rotatable bonds is 4. The Morgan fingerprint density at radius 3 is 2.43 bits per heavy atom. The quantitative estimate of drug-likeness (QED) is 0.731. The van der Waals surface area contributed by atoms with Gasteiger partial charge in [-0.25, -0.2) is 0 Å². The van der Waals surface area contributed by atoms with E-state index in [1.807, 2.05) is 7.05 Å². The van der Waals surface area contributed by atoms with Crippen molar-refractivity contribution in [3.63, 3.8) is 0 Å². The van der Waals surface area contributed by atoms with Gasteiger partial charge in [-0.05, 0) is 33.4 Å². The molecule has 0 saturated carbocycles. The summed E-state index contributed by atoms with van der Waals surface area (Å²) in [5, 5.41) is 3.22. The zero-order valence-electron chi connectivity index (χ0n) is 9.92. The highest BCUT2D eigenvalue weighted by Gasteiger charge is 2.22. The van der Waals surface area contributed by atoms with Gasteiger partial charge in [-0.15, -0.1) is 0 Å². The molecule has 0 bridgehead atoms. The van der Waals surface area contributed by atoms with Crippen molar-refractivity contribution < 1.29 is 4.74 Å². The Morgan fingerprint density at radius 2 is 1.93 bits per heavy atom. The second kappa shape index (κ2) is 5.69. The standard InChI is InChI=1S/C11H24N2O/c1-9(5-12-4)6-13-7-10(2)14-11(3)8-13/h9-12H,5-8H2,1-4H3. The predicted octanol–water partition coefficient (Wildman–Crippen LogP) is 0.951. The van der Waals surface area contributed by atoms with E-state index in [0.717, 1.165) is 25.6 Å². The van der Waals surface area contributed by atoms with Crippen molar-refractivity contribution in [3.8, 4) is 0 Å². The van der Waals surface area contributed by atoms with Crippen LogP contribution < -0.4 is 5.32 Å². The second-order valence-electron chi connectivity index (χ2n) is 4.64. The van der Waals surface area contributed by atoms with E-state index in [0.29, 0.717) is 12.2 Å². The normalized spacial score (nSPS) is 31.7. The minimum atomic E-state index is 0.389. The van der Waals surface area contributed by atoms with Crippen molar-refractivity contribution in [2.45, 2.75) is 33.0 Å². The predicted molar refractivity (Wildman–Crippen MR) is 59.5 cm³/mol. The fraction of sp³-hybridized carbons (Fsp3) is 1.00. The summed E-state index contributed by atoms with van der Waals surface area (Å²) in [7, 11) is 2.01. The summed E-state index contributed by atoms with van der Waals surface area (Å²) in [5.74, 6) is 0.720. The molecule has 3 nitrogen and oxygen atoms in total. The zero-order valence-corrected chi connectivity index (χ0v) is 9.92. The largest absolute Gasteiger partial charge is 0.373 e. The van der Waals surface area contributed by atoms with Crippen LogP contribution in [0.1, 0.15) is 20.8 Å². The average Bonchev–Trinajstić information content (AvgIpc) is 2.01. The number of hydrogen-bond acceptors (Lipinski definition) is 3. The van der Waals surface area contributed by atoms with Crippen LogP contribution in [0.5, 0.6) is 0 Å². The van der Waals surface area contributed by atoms with E-state index in [9.17, 15) is 0 Å². The van der Waals surface area contributed by atoms with Crippen molar-refractivity contribution in [2.75, 3.05) is 33.2 Å². The van der Waals surface area contributed by atoms with Crippen LogP contribution in [-0.4, -0.2) is 50.3 Å². The first-order chi connectivity index (χ1) is 6.61. The molecule has 1 fully saturated rings. The van der Waals surface area contributed by atoms with Crippen LogP contribution in [0.15, 0.2) is 0 Å². The third-order valence-electron chi connectivity index (χ3n) is 2.62. The Morgan fingerprint density at radius 1 is 1.36 bits per heavy atom. The van der Waals surface area contributed by atoms with Crippen molar-refractivity contribution in [2.24, 2.45) is 5.92 Å². The molecule has 0 radical (unpaired) electrons. The zero-order chi connectivity index (χ0) is 10.6. The van der Waals surface area contributed by atoms with Crippen LogP contribution in [0, 0.1) is 5.92 Å². The molecule has 1 aliphatic heterocycles. The van der Waals surface area contributed by atoms with Gasteiger partial charge in [0.25, 0.3) is 0 Å². The number of ether oxygens (including phenoxy) is 1. The number of nitrogens with zero attached hydrogens (tertiary/aromatic N) is 1. The van der Waals surface area contributed by atoms with Gasteiger partial charge >= 0.3 is 0 Å². The van der Waals surface area contributed by atoms with E-state index in [4.69, 9.17) is 4.74 Å². The van der Waals surface area contributed by atoms with Crippen molar-refractivity contribution in [1.29, 1.82) is 0 Å². The summed E-state index contributed by atoms with van der Waals surface area (Å²) in [6, 6.07) is 0. The summed E-state index contributed by atoms with van der Waals surface area (Å²) in [6.45, 7) is 11.0. The maximum Gasteiger partial charge on any atom is 0.0678 e. The molecule has 1 saturated heterocycles. The molecule has 84 valence electrons. The van der Waals surface area contributed by atoms with Crippen LogP contribution in [0.4, 0.5) is 0 Å². The van der Waals surface area contributed by atoms with Crippen LogP contribution >= 0.6 is 0 Å². The summed E-state index contributed by atoms with van der Waals surface area (Å²) in [4.78, 5) is 2.51. The molecular weight excluding hydrogens is 176 g/mol. The molecule has 0 aromatic heterocycles. The van der Waals surface area contributed by atoms with Crippen LogP contribution in [0.25, 0.3) is 0 Å². The molecule has 3 heteroatoms. The van der Waals surface area contributed by atoms with E-state index >= 15 is 0 Å². The molecule has 14 heavy (non-hydrogen) atoms. The molecule has 1 heterocycles. The van der Waals surface area contributed by atoms with Crippen molar-refractivity contribution in [3.05, 3.63) is 0 Å². The topological polar surface area (TPSA) is 24.5 Å². The molecule has 3 atom stereocenters. The Hall–Kier alpha value is -0.120. The van der Waals surface area contributed by atoms with E-state index < -0.39 is 0 Å². The van der Waals surface area contributed by atoms with E-state index in [-0.39, 0.29) is 0 Å². The maximum absolute atomic E-state index is 5.70. The first-order valence-electron chi connectivity index (χ1n) is 5.64. The Kier molecular flexibility index (Phi) is 4.85. The minimum Gasteiger partial charge on any atom is -0.373 e. The van der Waals surface area contributed by atoms with Gasteiger partial charge in [0.2, 0.25) is 0 Å². The molecular formula is C11H24N2O. The highest BCUT2D eigenvalue weighted by Crippen LogP contribution is 2.12. The molecule has 0 aromatic rings. The summed E-state index contributed by atoms with van der Waals surface area (Å²) in [5.41, 5.74) is 0. The molecule has 0 spiro atoms. The first kappa shape index (κ1) is 12.0. The number of nitrogens with one attached hydrogen (secondary N) is 1. The lowest BCUT2D eigenvalue weighted by molar-refractivity contribution is -0.0708. The van der Waals surface area contributed by atoms with Crippen LogP contribution in [0.2, 0.25) is 0 Å². The van der Waals surface area contributed by atoms with Crippen LogP contribution in [-0.2, 0) is 4.74 Å². The van der Waals surface area contributed by atoms with E-state index in [1.165, 1.54) is 6.54 Å². The minimum absolute atomic E-state index is 0.389. The Bertz CT molecular complexity index is 153. The molecule has 0 aromatic carbocycles. The average molecular weight is 200 g/mol. The first-order valence-corrected chi connectivity index (χ1v) is 5.64. The van der Waals surface area contributed by atoms with Gasteiger partial charge < -0.3 is 10.1 Å². The summed E-state index contributed by atoms with van der Waals surface area (Å²) < 4.78 is 5.70. The smallest absolute Gasteiger partial charge is 0.0678 e. The number of morpholine rings is 1. The third-order valence-corrected chi connectivity index (χ3v) is 2.62.